The maximum atomic E-state index is 11.8. The van der Waals surface area contributed by atoms with E-state index in [0.717, 1.165) is 0 Å². The van der Waals surface area contributed by atoms with E-state index in [-0.39, 0.29) is 17.0 Å². The van der Waals surface area contributed by atoms with Crippen molar-refractivity contribution in [3.05, 3.63) is 58.9 Å². The molecule has 2 rings (SSSR count). The van der Waals surface area contributed by atoms with E-state index in [4.69, 9.17) is 11.6 Å². The van der Waals surface area contributed by atoms with Crippen molar-refractivity contribution in [2.45, 2.75) is 0 Å². The topological polar surface area (TPSA) is 91.3 Å². The number of nitrogens with one attached hydrogen (secondary N) is 2. The van der Waals surface area contributed by atoms with E-state index in [0.29, 0.717) is 5.02 Å². The molecule has 0 atom stereocenters. The van der Waals surface area contributed by atoms with Gasteiger partial charge in [-0.25, -0.2) is 0 Å². The average Bonchev–Trinajstić information content (AvgIpc) is 2.47. The Kier molecular flexibility index (Phi) is 4.17. The van der Waals surface area contributed by atoms with E-state index in [2.05, 4.69) is 15.8 Å². The molecule has 3 N–H and O–H groups in total. The second kappa shape index (κ2) is 6.03. The number of benzene rings is 1. The van der Waals surface area contributed by atoms with Gasteiger partial charge in [-0.15, -0.1) is 0 Å². The van der Waals surface area contributed by atoms with Gasteiger partial charge in [0.2, 0.25) is 0 Å². The Morgan fingerprint density at radius 2 is 1.85 bits per heavy atom. The predicted molar refractivity (Wildman–Crippen MR) is 72.3 cm³/mol. The molecule has 0 bridgehead atoms. The Balaban J connectivity index is 2.02. The average molecular weight is 292 g/mol. The Morgan fingerprint density at radius 1 is 1.10 bits per heavy atom. The molecule has 7 heteroatoms. The summed E-state index contributed by atoms with van der Waals surface area (Å²) in [5.41, 5.74) is 4.47. The first-order valence-electron chi connectivity index (χ1n) is 5.58. The lowest BCUT2D eigenvalue weighted by Gasteiger charge is -2.08. The van der Waals surface area contributed by atoms with Crippen molar-refractivity contribution in [1.29, 1.82) is 0 Å². The number of halogens is 1. The van der Waals surface area contributed by atoms with E-state index in [9.17, 15) is 14.7 Å². The molecule has 102 valence electrons. The van der Waals surface area contributed by atoms with Gasteiger partial charge >= 0.3 is 0 Å². The number of carbonyl (C=O) groups is 2. The lowest BCUT2D eigenvalue weighted by atomic mass is 10.2. The molecule has 0 spiro atoms. The van der Waals surface area contributed by atoms with E-state index < -0.39 is 11.8 Å². The van der Waals surface area contributed by atoms with E-state index in [1.165, 1.54) is 30.5 Å². The van der Waals surface area contributed by atoms with Crippen LogP contribution in [0.5, 0.6) is 5.75 Å². The lowest BCUT2D eigenvalue weighted by Crippen LogP contribution is -2.41. The third-order valence-corrected chi connectivity index (χ3v) is 2.63. The highest BCUT2D eigenvalue weighted by Gasteiger charge is 2.13. The van der Waals surface area contributed by atoms with Gasteiger partial charge in [0, 0.05) is 11.2 Å². The third-order valence-electron chi connectivity index (χ3n) is 2.39. The molecule has 1 aromatic carbocycles. The van der Waals surface area contributed by atoms with E-state index in [1.54, 1.807) is 12.1 Å². The first-order valence-corrected chi connectivity index (χ1v) is 5.96. The van der Waals surface area contributed by atoms with Crippen LogP contribution in [-0.4, -0.2) is 21.9 Å². The molecular weight excluding hydrogens is 282 g/mol. The van der Waals surface area contributed by atoms with Crippen molar-refractivity contribution in [3.63, 3.8) is 0 Å². The fourth-order valence-electron chi connectivity index (χ4n) is 1.43. The molecule has 0 aliphatic heterocycles. The van der Waals surface area contributed by atoms with Crippen LogP contribution < -0.4 is 10.9 Å². The smallest absolute Gasteiger partial charge is 0.288 e. The number of nitrogens with zero attached hydrogens (tertiary/aromatic N) is 1. The van der Waals surface area contributed by atoms with Crippen molar-refractivity contribution in [2.24, 2.45) is 0 Å². The zero-order valence-corrected chi connectivity index (χ0v) is 10.9. The summed E-state index contributed by atoms with van der Waals surface area (Å²) < 4.78 is 0. The van der Waals surface area contributed by atoms with Crippen LogP contribution >= 0.6 is 11.6 Å². The molecule has 0 aliphatic carbocycles. The highest BCUT2D eigenvalue weighted by Crippen LogP contribution is 2.20. The van der Waals surface area contributed by atoms with Crippen LogP contribution in [0.1, 0.15) is 20.8 Å². The summed E-state index contributed by atoms with van der Waals surface area (Å²) in [7, 11) is 0. The first kappa shape index (κ1) is 13.8. The monoisotopic (exact) mass is 291 g/mol. The van der Waals surface area contributed by atoms with Crippen LogP contribution in [0.15, 0.2) is 42.6 Å². The highest BCUT2D eigenvalue weighted by atomic mass is 35.5. The molecule has 0 fully saturated rings. The zero-order valence-electron chi connectivity index (χ0n) is 10.1. The molecule has 6 nitrogen and oxygen atoms in total. The van der Waals surface area contributed by atoms with Crippen LogP contribution in [0.4, 0.5) is 0 Å². The number of phenols is 1. The Labute approximate surface area is 119 Å². The van der Waals surface area contributed by atoms with Gasteiger partial charge in [0.1, 0.15) is 11.4 Å². The summed E-state index contributed by atoms with van der Waals surface area (Å²) in [6.07, 6.45) is 1.46. The van der Waals surface area contributed by atoms with Crippen molar-refractivity contribution < 1.29 is 14.7 Å². The molecule has 0 unspecified atom stereocenters. The minimum absolute atomic E-state index is 0.0428. The number of carbonyl (C=O) groups excluding carboxylic acids is 2. The number of aromatic nitrogens is 1. The quantitative estimate of drug-likeness (QED) is 0.732. The molecule has 0 aliphatic rings. The Bertz CT molecular complexity index is 647. The molecule has 1 aromatic heterocycles. The molecule has 0 radical (unpaired) electrons. The number of hydrazine groups is 1. The van der Waals surface area contributed by atoms with Crippen molar-refractivity contribution in [3.8, 4) is 5.75 Å². The third kappa shape index (κ3) is 3.24. The minimum Gasteiger partial charge on any atom is -0.507 e. The number of aromatic hydroxyl groups is 1. The first-order chi connectivity index (χ1) is 9.58. The van der Waals surface area contributed by atoms with Crippen LogP contribution in [0, 0.1) is 0 Å². The summed E-state index contributed by atoms with van der Waals surface area (Å²) in [5.74, 6) is -1.49. The second-order valence-corrected chi connectivity index (χ2v) is 4.22. The summed E-state index contributed by atoms with van der Waals surface area (Å²) >= 11 is 5.73. The Morgan fingerprint density at radius 3 is 2.55 bits per heavy atom. The maximum Gasteiger partial charge on any atom is 0.288 e. The van der Waals surface area contributed by atoms with Crippen LogP contribution in [0.25, 0.3) is 0 Å². The van der Waals surface area contributed by atoms with Crippen molar-refractivity contribution in [1.82, 2.24) is 15.8 Å². The van der Waals surface area contributed by atoms with Gasteiger partial charge in [-0.1, -0.05) is 17.7 Å². The summed E-state index contributed by atoms with van der Waals surface area (Å²) in [6, 6.07) is 8.83. The standard InChI is InChI=1S/C13H10ClN3O3/c14-8-4-5-11(18)9(7-8)12(19)16-17-13(20)10-3-1-2-6-15-10/h1-7,18H,(H,16,19)(H,17,20). The second-order valence-electron chi connectivity index (χ2n) is 3.78. The van der Waals surface area contributed by atoms with Gasteiger partial charge in [0.15, 0.2) is 0 Å². The normalized spacial score (nSPS) is 9.85. The Hall–Kier alpha value is -2.60. The van der Waals surface area contributed by atoms with E-state index in [1.807, 2.05) is 0 Å². The van der Waals surface area contributed by atoms with Crippen LogP contribution in [0.2, 0.25) is 5.02 Å². The fourth-order valence-corrected chi connectivity index (χ4v) is 1.60. The fraction of sp³-hybridized carbons (Fsp3) is 0. The maximum absolute atomic E-state index is 11.8. The van der Waals surface area contributed by atoms with Gasteiger partial charge in [-0.05, 0) is 30.3 Å². The number of hydrogen-bond acceptors (Lipinski definition) is 4. The molecule has 2 aromatic rings. The minimum atomic E-state index is -0.686. The summed E-state index contributed by atoms with van der Waals surface area (Å²) in [5, 5.41) is 9.84. The molecule has 2 amide bonds. The van der Waals surface area contributed by atoms with Crippen LogP contribution in [0.3, 0.4) is 0 Å². The van der Waals surface area contributed by atoms with Crippen LogP contribution in [-0.2, 0) is 0 Å². The number of hydrogen-bond donors (Lipinski definition) is 3. The molecular formula is C13H10ClN3O3. The zero-order chi connectivity index (χ0) is 14.5. The van der Waals surface area contributed by atoms with Gasteiger partial charge in [-0.2, -0.15) is 0 Å². The largest absolute Gasteiger partial charge is 0.507 e. The van der Waals surface area contributed by atoms with Gasteiger partial charge in [0.05, 0.1) is 5.56 Å². The van der Waals surface area contributed by atoms with Gasteiger partial charge in [-0.3, -0.25) is 25.4 Å². The van der Waals surface area contributed by atoms with Gasteiger partial charge in [0.25, 0.3) is 11.8 Å². The summed E-state index contributed by atoms with van der Waals surface area (Å²) in [4.78, 5) is 27.3. The predicted octanol–water partition coefficient (Wildman–Crippen LogP) is 1.52. The lowest BCUT2D eigenvalue weighted by molar-refractivity contribution is 0.0842. The number of amides is 2. The van der Waals surface area contributed by atoms with Gasteiger partial charge < -0.3 is 5.11 Å². The molecule has 0 saturated heterocycles. The number of pyridine rings is 1. The number of phenolic OH excluding ortho intramolecular Hbond substituents is 1. The van der Waals surface area contributed by atoms with E-state index >= 15 is 0 Å². The number of rotatable bonds is 2. The molecule has 0 saturated carbocycles. The molecule has 1 heterocycles. The summed E-state index contributed by atoms with van der Waals surface area (Å²) in [6.45, 7) is 0. The SMILES string of the molecule is O=C(NNC(=O)c1cc(Cl)ccc1O)c1ccccn1. The molecule has 20 heavy (non-hydrogen) atoms. The van der Waals surface area contributed by atoms with Crippen molar-refractivity contribution >= 4 is 23.4 Å². The van der Waals surface area contributed by atoms with Crippen molar-refractivity contribution in [2.75, 3.05) is 0 Å². The highest BCUT2D eigenvalue weighted by molar-refractivity contribution is 6.31.